The van der Waals surface area contributed by atoms with E-state index in [1.54, 1.807) is 11.9 Å². The number of amides is 1. The predicted octanol–water partition coefficient (Wildman–Crippen LogP) is 3.78. The number of nitrogens with zero attached hydrogens (tertiary/aromatic N) is 1. The first-order valence-electron chi connectivity index (χ1n) is 8.29. The van der Waals surface area contributed by atoms with Crippen LogP contribution in [0.15, 0.2) is 18.2 Å². The van der Waals surface area contributed by atoms with Crippen LogP contribution in [0.3, 0.4) is 0 Å². The molecule has 2 N–H and O–H groups in total. The molecule has 23 heavy (non-hydrogen) atoms. The molecule has 1 fully saturated rings. The summed E-state index contributed by atoms with van der Waals surface area (Å²) >= 11 is 0. The highest BCUT2D eigenvalue weighted by Crippen LogP contribution is 2.39. The minimum atomic E-state index is -0.888. The van der Waals surface area contributed by atoms with E-state index in [1.165, 1.54) is 12.5 Å². The second-order valence-corrected chi connectivity index (χ2v) is 6.80. The topological polar surface area (TPSA) is 46.3 Å². The number of carbonyl (C=O) groups excluding carboxylic acids is 1. The van der Waals surface area contributed by atoms with E-state index in [1.807, 2.05) is 6.92 Å². The average molecular weight is 324 g/mol. The summed E-state index contributed by atoms with van der Waals surface area (Å²) in [7, 11) is 1.71. The normalized spacial score (nSPS) is 18.5. The summed E-state index contributed by atoms with van der Waals surface area (Å²) in [5.41, 5.74) is 6.44. The standard InChI is InChI=1S/C18H26F2N2O/c1-13(14-6-7-15(19)16(20)10-14)22(2)17(23)11-18(12-21)8-4-3-5-9-18/h6-7,10,13H,3-5,8-9,11-12,21H2,1-2H3. The Kier molecular flexibility index (Phi) is 5.74. The van der Waals surface area contributed by atoms with Crippen molar-refractivity contribution in [3.8, 4) is 0 Å². The van der Waals surface area contributed by atoms with Gasteiger partial charge >= 0.3 is 0 Å². The number of rotatable bonds is 5. The average Bonchev–Trinajstić information content (AvgIpc) is 2.56. The number of hydrogen-bond acceptors (Lipinski definition) is 2. The first kappa shape index (κ1) is 17.9. The summed E-state index contributed by atoms with van der Waals surface area (Å²) in [6, 6.07) is 3.47. The molecule has 0 spiro atoms. The lowest BCUT2D eigenvalue weighted by Gasteiger charge is -2.37. The summed E-state index contributed by atoms with van der Waals surface area (Å²) < 4.78 is 26.5. The van der Waals surface area contributed by atoms with E-state index in [0.29, 0.717) is 18.5 Å². The van der Waals surface area contributed by atoms with E-state index in [4.69, 9.17) is 5.73 Å². The number of hydrogen-bond donors (Lipinski definition) is 1. The maximum atomic E-state index is 13.4. The molecule has 2 rings (SSSR count). The first-order chi connectivity index (χ1) is 10.9. The lowest BCUT2D eigenvalue weighted by molar-refractivity contribution is -0.134. The van der Waals surface area contributed by atoms with Gasteiger partial charge in [0.2, 0.25) is 5.91 Å². The van der Waals surface area contributed by atoms with Crippen LogP contribution in [0.1, 0.15) is 57.1 Å². The Labute approximate surface area is 136 Å². The number of halogens is 2. The molecule has 1 aliphatic carbocycles. The number of carbonyl (C=O) groups is 1. The zero-order valence-electron chi connectivity index (χ0n) is 13.9. The van der Waals surface area contributed by atoms with E-state index in [9.17, 15) is 13.6 Å². The molecule has 0 aromatic heterocycles. The van der Waals surface area contributed by atoms with E-state index in [2.05, 4.69) is 0 Å². The van der Waals surface area contributed by atoms with E-state index in [-0.39, 0.29) is 17.4 Å². The summed E-state index contributed by atoms with van der Waals surface area (Å²) in [5.74, 6) is -1.75. The van der Waals surface area contributed by atoms with Crippen molar-refractivity contribution in [1.29, 1.82) is 0 Å². The van der Waals surface area contributed by atoms with Gasteiger partial charge < -0.3 is 10.6 Å². The molecule has 128 valence electrons. The van der Waals surface area contributed by atoms with Gasteiger partial charge in [0, 0.05) is 13.5 Å². The molecular formula is C18H26F2N2O. The van der Waals surface area contributed by atoms with Crippen LogP contribution in [0, 0.1) is 17.0 Å². The quantitative estimate of drug-likeness (QED) is 0.896. The van der Waals surface area contributed by atoms with Gasteiger partial charge in [-0.2, -0.15) is 0 Å². The maximum Gasteiger partial charge on any atom is 0.223 e. The Bertz CT molecular complexity index is 556. The largest absolute Gasteiger partial charge is 0.339 e. The van der Waals surface area contributed by atoms with Gasteiger partial charge in [0.05, 0.1) is 6.04 Å². The third-order valence-corrected chi connectivity index (χ3v) is 5.27. The highest BCUT2D eigenvalue weighted by atomic mass is 19.2. The van der Waals surface area contributed by atoms with Crippen molar-refractivity contribution in [3.05, 3.63) is 35.4 Å². The fraction of sp³-hybridized carbons (Fsp3) is 0.611. The smallest absolute Gasteiger partial charge is 0.223 e. The highest BCUT2D eigenvalue weighted by molar-refractivity contribution is 5.77. The Balaban J connectivity index is 2.07. The minimum absolute atomic E-state index is 0.00887. The molecule has 0 aliphatic heterocycles. The van der Waals surface area contributed by atoms with Gasteiger partial charge in [-0.05, 0) is 49.4 Å². The monoisotopic (exact) mass is 324 g/mol. The molecule has 3 nitrogen and oxygen atoms in total. The minimum Gasteiger partial charge on any atom is -0.339 e. The Morgan fingerprint density at radius 3 is 2.48 bits per heavy atom. The third-order valence-electron chi connectivity index (χ3n) is 5.27. The summed E-state index contributed by atoms with van der Waals surface area (Å²) in [4.78, 5) is 14.3. The third kappa shape index (κ3) is 4.08. The van der Waals surface area contributed by atoms with Crippen LogP contribution >= 0.6 is 0 Å². The van der Waals surface area contributed by atoms with Crippen LogP contribution in [-0.4, -0.2) is 24.4 Å². The molecule has 1 saturated carbocycles. The van der Waals surface area contributed by atoms with Gasteiger partial charge in [-0.15, -0.1) is 0 Å². The van der Waals surface area contributed by atoms with Crippen molar-refractivity contribution in [1.82, 2.24) is 4.90 Å². The molecule has 1 amide bonds. The highest BCUT2D eigenvalue weighted by Gasteiger charge is 2.34. The molecule has 1 unspecified atom stereocenters. The second kappa shape index (κ2) is 7.39. The number of nitrogens with two attached hydrogens (primary N) is 1. The molecule has 0 heterocycles. The molecule has 1 atom stereocenters. The zero-order chi connectivity index (χ0) is 17.0. The van der Waals surface area contributed by atoms with Gasteiger partial charge in [-0.3, -0.25) is 4.79 Å². The van der Waals surface area contributed by atoms with Crippen molar-refractivity contribution in [2.24, 2.45) is 11.1 Å². The lowest BCUT2D eigenvalue weighted by Crippen LogP contribution is -2.40. The Hall–Kier alpha value is -1.49. The van der Waals surface area contributed by atoms with E-state index < -0.39 is 11.6 Å². The Morgan fingerprint density at radius 2 is 1.91 bits per heavy atom. The van der Waals surface area contributed by atoms with Crippen LogP contribution < -0.4 is 5.73 Å². The van der Waals surface area contributed by atoms with Crippen LogP contribution in [0.5, 0.6) is 0 Å². The molecule has 1 aliphatic rings. The SMILES string of the molecule is CC(c1ccc(F)c(F)c1)N(C)C(=O)CC1(CN)CCCCC1. The summed E-state index contributed by atoms with van der Waals surface area (Å²) in [5, 5.41) is 0. The van der Waals surface area contributed by atoms with Gasteiger partial charge in [-0.25, -0.2) is 8.78 Å². The first-order valence-corrected chi connectivity index (χ1v) is 8.29. The molecule has 1 aromatic carbocycles. The predicted molar refractivity (Wildman–Crippen MR) is 86.7 cm³/mol. The van der Waals surface area contributed by atoms with Crippen molar-refractivity contribution < 1.29 is 13.6 Å². The fourth-order valence-corrected chi connectivity index (χ4v) is 3.41. The fourth-order valence-electron chi connectivity index (χ4n) is 3.41. The molecule has 0 saturated heterocycles. The molecule has 0 radical (unpaired) electrons. The van der Waals surface area contributed by atoms with Crippen molar-refractivity contribution in [2.45, 2.75) is 51.5 Å². The van der Waals surface area contributed by atoms with E-state index in [0.717, 1.165) is 37.8 Å². The lowest BCUT2D eigenvalue weighted by atomic mass is 9.71. The van der Waals surface area contributed by atoms with Crippen molar-refractivity contribution in [3.63, 3.8) is 0 Å². The van der Waals surface area contributed by atoms with Crippen LogP contribution in [0.2, 0.25) is 0 Å². The number of benzene rings is 1. The molecule has 5 heteroatoms. The van der Waals surface area contributed by atoms with Crippen LogP contribution in [0.25, 0.3) is 0 Å². The summed E-state index contributed by atoms with van der Waals surface area (Å²) in [6.07, 6.45) is 5.84. The molecular weight excluding hydrogens is 298 g/mol. The van der Waals surface area contributed by atoms with Gasteiger partial charge in [0.15, 0.2) is 11.6 Å². The van der Waals surface area contributed by atoms with Gasteiger partial charge in [0.1, 0.15) is 0 Å². The van der Waals surface area contributed by atoms with Crippen LogP contribution in [-0.2, 0) is 4.79 Å². The van der Waals surface area contributed by atoms with Gasteiger partial charge in [-0.1, -0.05) is 25.3 Å². The second-order valence-electron chi connectivity index (χ2n) is 6.80. The Morgan fingerprint density at radius 1 is 1.26 bits per heavy atom. The maximum absolute atomic E-state index is 13.4. The van der Waals surface area contributed by atoms with Crippen LogP contribution in [0.4, 0.5) is 8.78 Å². The van der Waals surface area contributed by atoms with E-state index >= 15 is 0 Å². The van der Waals surface area contributed by atoms with Crippen molar-refractivity contribution in [2.75, 3.05) is 13.6 Å². The zero-order valence-corrected chi connectivity index (χ0v) is 13.9. The van der Waals surface area contributed by atoms with Crippen molar-refractivity contribution >= 4 is 5.91 Å². The van der Waals surface area contributed by atoms with Gasteiger partial charge in [0.25, 0.3) is 0 Å². The molecule has 0 bridgehead atoms. The molecule has 1 aromatic rings. The summed E-state index contributed by atoms with van der Waals surface area (Å²) in [6.45, 7) is 2.34.